The molecule has 2 atom stereocenters. The van der Waals surface area contributed by atoms with Gasteiger partial charge in [-0.3, -0.25) is 14.4 Å². The second-order valence-electron chi connectivity index (χ2n) is 11.5. The summed E-state index contributed by atoms with van der Waals surface area (Å²) < 4.78 is 5.40. The molecule has 9 heteroatoms. The highest BCUT2D eigenvalue weighted by atomic mass is 16.6. The number of primary amides is 1. The van der Waals surface area contributed by atoms with Crippen LogP contribution in [0.1, 0.15) is 87.2 Å². The maximum Gasteiger partial charge on any atom is 0.408 e. The summed E-state index contributed by atoms with van der Waals surface area (Å²) in [6.45, 7) is 15.1. The molecule has 4 N–H and O–H groups in total. The van der Waals surface area contributed by atoms with Gasteiger partial charge in [0.25, 0.3) is 5.91 Å². The summed E-state index contributed by atoms with van der Waals surface area (Å²) >= 11 is 0. The van der Waals surface area contributed by atoms with Gasteiger partial charge in [0.15, 0.2) is 0 Å². The number of hydrogen-bond donors (Lipinski definition) is 3. The predicted molar refractivity (Wildman–Crippen MR) is 161 cm³/mol. The Labute approximate surface area is 244 Å². The van der Waals surface area contributed by atoms with E-state index in [0.29, 0.717) is 17.7 Å². The summed E-state index contributed by atoms with van der Waals surface area (Å²) in [7, 11) is 0. The highest BCUT2D eigenvalue weighted by Crippen LogP contribution is 2.30. The summed E-state index contributed by atoms with van der Waals surface area (Å²) in [6.07, 6.45) is 0.440. The molecule has 2 rings (SSSR count). The van der Waals surface area contributed by atoms with Crippen LogP contribution < -0.4 is 16.4 Å². The summed E-state index contributed by atoms with van der Waals surface area (Å²) in [5, 5.41) is 5.71. The first kappa shape index (κ1) is 33.3. The van der Waals surface area contributed by atoms with Gasteiger partial charge in [0.1, 0.15) is 17.7 Å². The maximum atomic E-state index is 14.3. The summed E-state index contributed by atoms with van der Waals surface area (Å²) in [5.41, 5.74) is 9.65. The molecule has 0 aliphatic heterocycles. The lowest BCUT2D eigenvalue weighted by Crippen LogP contribution is -2.53. The normalized spacial score (nSPS) is 12.7. The number of anilines is 1. The van der Waals surface area contributed by atoms with Gasteiger partial charge in [-0.15, -0.1) is 0 Å². The molecule has 2 aromatic carbocycles. The van der Waals surface area contributed by atoms with Crippen molar-refractivity contribution in [3.63, 3.8) is 0 Å². The van der Waals surface area contributed by atoms with Crippen molar-refractivity contribution in [1.29, 1.82) is 0 Å². The Morgan fingerprint density at radius 3 is 2.10 bits per heavy atom. The molecule has 9 nitrogen and oxygen atoms in total. The molecule has 0 saturated heterocycles. The van der Waals surface area contributed by atoms with Gasteiger partial charge in [-0.05, 0) is 89.1 Å². The van der Waals surface area contributed by atoms with Crippen molar-refractivity contribution in [2.75, 3.05) is 11.9 Å². The van der Waals surface area contributed by atoms with Gasteiger partial charge in [-0.25, -0.2) is 4.79 Å². The highest BCUT2D eigenvalue weighted by Gasteiger charge is 2.37. The lowest BCUT2D eigenvalue weighted by Gasteiger charge is -2.35. The topological polar surface area (TPSA) is 131 Å². The largest absolute Gasteiger partial charge is 0.444 e. The van der Waals surface area contributed by atoms with Crippen LogP contribution in [-0.2, 0) is 19.1 Å². The van der Waals surface area contributed by atoms with Crippen molar-refractivity contribution < 1.29 is 23.9 Å². The fraction of sp³-hybridized carbons (Fsp3) is 0.500. The van der Waals surface area contributed by atoms with Crippen LogP contribution in [0.2, 0.25) is 0 Å². The number of carbonyl (C=O) groups excluding carboxylic acids is 4. The van der Waals surface area contributed by atoms with Gasteiger partial charge in [-0.1, -0.05) is 49.7 Å². The van der Waals surface area contributed by atoms with Crippen LogP contribution in [0.25, 0.3) is 0 Å². The number of nitrogens with two attached hydrogens (primary N) is 1. The molecular weight excluding hydrogens is 520 g/mol. The number of hydrogen-bond acceptors (Lipinski definition) is 5. The number of nitrogens with one attached hydrogen (secondary N) is 2. The Bertz CT molecular complexity index is 1230. The molecule has 0 radical (unpaired) electrons. The van der Waals surface area contributed by atoms with E-state index in [1.54, 1.807) is 20.8 Å². The SMILES string of the molecule is CCCCN(C(=O)C(CCC(N)=O)NC(=O)OC(C)(C)C)C(C(=O)Nc1c(C)cccc1C)c1cccc(C)c1C. The van der Waals surface area contributed by atoms with E-state index in [-0.39, 0.29) is 25.3 Å². The fourth-order valence-electron chi connectivity index (χ4n) is 4.61. The molecule has 4 amide bonds. The number of nitrogens with zero attached hydrogens (tertiary/aromatic N) is 1. The Morgan fingerprint density at radius 2 is 1.54 bits per heavy atom. The molecule has 0 fully saturated rings. The number of aryl methyl sites for hydroxylation is 3. The number of carbonyl (C=O) groups is 4. The van der Waals surface area contributed by atoms with Crippen LogP contribution >= 0.6 is 0 Å². The third-order valence-electron chi connectivity index (χ3n) is 6.93. The van der Waals surface area contributed by atoms with Crippen molar-refractivity contribution in [2.45, 2.75) is 98.8 Å². The molecular formula is C32H46N4O5. The fourth-order valence-corrected chi connectivity index (χ4v) is 4.61. The van der Waals surface area contributed by atoms with Crippen molar-refractivity contribution in [1.82, 2.24) is 10.2 Å². The zero-order valence-electron chi connectivity index (χ0n) is 25.7. The van der Waals surface area contributed by atoms with E-state index < -0.39 is 35.6 Å². The third-order valence-corrected chi connectivity index (χ3v) is 6.93. The van der Waals surface area contributed by atoms with Crippen LogP contribution in [0.4, 0.5) is 10.5 Å². The minimum Gasteiger partial charge on any atom is -0.444 e. The molecule has 0 aliphatic carbocycles. The summed E-state index contributed by atoms with van der Waals surface area (Å²) in [6, 6.07) is 9.30. The zero-order valence-corrected chi connectivity index (χ0v) is 25.7. The van der Waals surface area contributed by atoms with Crippen LogP contribution in [0.3, 0.4) is 0 Å². The van der Waals surface area contributed by atoms with E-state index in [1.807, 2.05) is 71.0 Å². The van der Waals surface area contributed by atoms with Crippen molar-refractivity contribution in [3.05, 3.63) is 64.2 Å². The van der Waals surface area contributed by atoms with E-state index in [2.05, 4.69) is 10.6 Å². The van der Waals surface area contributed by atoms with Gasteiger partial charge >= 0.3 is 6.09 Å². The first-order valence-electron chi connectivity index (χ1n) is 14.2. The van der Waals surface area contributed by atoms with Crippen LogP contribution in [-0.4, -0.2) is 46.9 Å². The number of rotatable bonds is 12. The molecule has 0 heterocycles. The summed E-state index contributed by atoms with van der Waals surface area (Å²) in [5.74, 6) is -1.47. The zero-order chi connectivity index (χ0) is 30.9. The van der Waals surface area contributed by atoms with Gasteiger partial charge in [0.05, 0.1) is 0 Å². The van der Waals surface area contributed by atoms with Crippen LogP contribution in [0.15, 0.2) is 36.4 Å². The standard InChI is InChI=1S/C32H46N4O5/c1-9-10-19-36(30(39)25(17-18-26(33)37)34-31(40)41-32(6,7)8)28(24-16-12-13-20(2)23(24)5)29(38)35-27-21(3)14-11-15-22(27)4/h11-16,25,28H,9-10,17-19H2,1-8H3,(H2,33,37)(H,34,40)(H,35,38). The first-order valence-corrected chi connectivity index (χ1v) is 14.2. The maximum absolute atomic E-state index is 14.3. The van der Waals surface area contributed by atoms with E-state index in [4.69, 9.17) is 10.5 Å². The number of alkyl carbamates (subject to hydrolysis) is 1. The molecule has 0 bridgehead atoms. The molecule has 2 aromatic rings. The monoisotopic (exact) mass is 566 g/mol. The first-order chi connectivity index (χ1) is 19.2. The molecule has 224 valence electrons. The average Bonchev–Trinajstić information content (AvgIpc) is 2.87. The molecule has 0 spiro atoms. The van der Waals surface area contributed by atoms with Gasteiger partial charge in [0, 0.05) is 18.7 Å². The predicted octanol–water partition coefficient (Wildman–Crippen LogP) is 5.39. The van der Waals surface area contributed by atoms with Crippen LogP contribution in [0.5, 0.6) is 0 Å². The number of ether oxygens (including phenoxy) is 1. The second kappa shape index (κ2) is 14.7. The van der Waals surface area contributed by atoms with Crippen molar-refractivity contribution in [3.8, 4) is 0 Å². The van der Waals surface area contributed by atoms with Gasteiger partial charge < -0.3 is 26.0 Å². The third kappa shape index (κ3) is 9.62. The number of unbranched alkanes of at least 4 members (excludes halogenated alkanes) is 1. The Hall–Kier alpha value is -3.88. The van der Waals surface area contributed by atoms with E-state index in [9.17, 15) is 19.2 Å². The van der Waals surface area contributed by atoms with Gasteiger partial charge in [-0.2, -0.15) is 0 Å². The molecule has 41 heavy (non-hydrogen) atoms. The number of amides is 4. The average molecular weight is 567 g/mol. The Morgan fingerprint density at radius 1 is 0.951 bits per heavy atom. The number of para-hydroxylation sites is 1. The molecule has 0 aromatic heterocycles. The van der Waals surface area contributed by atoms with E-state index in [1.165, 1.54) is 4.90 Å². The second-order valence-corrected chi connectivity index (χ2v) is 11.5. The van der Waals surface area contributed by atoms with Gasteiger partial charge in [0.2, 0.25) is 11.8 Å². The quantitative estimate of drug-likeness (QED) is 0.317. The van der Waals surface area contributed by atoms with Crippen molar-refractivity contribution >= 4 is 29.5 Å². The molecule has 2 unspecified atom stereocenters. The Kier molecular flexibility index (Phi) is 11.9. The Balaban J connectivity index is 2.64. The van der Waals surface area contributed by atoms with Crippen molar-refractivity contribution in [2.24, 2.45) is 5.73 Å². The lowest BCUT2D eigenvalue weighted by atomic mass is 9.94. The molecule has 0 aliphatic rings. The van der Waals surface area contributed by atoms with E-state index >= 15 is 0 Å². The van der Waals surface area contributed by atoms with Crippen LogP contribution in [0, 0.1) is 27.7 Å². The lowest BCUT2D eigenvalue weighted by molar-refractivity contribution is -0.141. The summed E-state index contributed by atoms with van der Waals surface area (Å²) in [4.78, 5) is 54.4. The minimum atomic E-state index is -1.13. The van der Waals surface area contributed by atoms with E-state index in [0.717, 1.165) is 28.7 Å². The highest BCUT2D eigenvalue weighted by molar-refractivity contribution is 6.00. The number of benzene rings is 2. The smallest absolute Gasteiger partial charge is 0.408 e. The minimum absolute atomic E-state index is 0.0337. The molecule has 0 saturated carbocycles.